The maximum Gasteiger partial charge on any atom is 0.261 e. The molecule has 0 fully saturated rings. The van der Waals surface area contributed by atoms with Crippen LogP contribution in [-0.4, -0.2) is 22.7 Å². The Morgan fingerprint density at radius 1 is 1.13 bits per heavy atom. The molecule has 23 heavy (non-hydrogen) atoms. The lowest BCUT2D eigenvalue weighted by Crippen LogP contribution is -2.12. The predicted molar refractivity (Wildman–Crippen MR) is 85.9 cm³/mol. The third-order valence-electron chi connectivity index (χ3n) is 3.29. The quantitative estimate of drug-likeness (QED) is 0.800. The van der Waals surface area contributed by atoms with Crippen LogP contribution in [0.3, 0.4) is 0 Å². The Kier molecular flexibility index (Phi) is 3.39. The van der Waals surface area contributed by atoms with Gasteiger partial charge in [-0.15, -0.1) is 11.3 Å². The van der Waals surface area contributed by atoms with Crippen LogP contribution >= 0.6 is 11.3 Å². The summed E-state index contributed by atoms with van der Waals surface area (Å²) in [7, 11) is 0. The summed E-state index contributed by atoms with van der Waals surface area (Å²) in [5, 5.41) is 5.14. The Balaban J connectivity index is 1.56. The summed E-state index contributed by atoms with van der Waals surface area (Å²) in [5.74, 6) is 0.756. The molecular weight excluding hydrogens is 314 g/mol. The molecule has 0 aliphatic carbocycles. The first-order valence-corrected chi connectivity index (χ1v) is 7.76. The van der Waals surface area contributed by atoms with Crippen molar-refractivity contribution >= 4 is 22.4 Å². The number of rotatable bonds is 3. The van der Waals surface area contributed by atoms with Crippen molar-refractivity contribution in [2.24, 2.45) is 0 Å². The number of aromatic nitrogens is 2. The van der Waals surface area contributed by atoms with Gasteiger partial charge in [0.1, 0.15) is 5.69 Å². The molecule has 3 heterocycles. The summed E-state index contributed by atoms with van der Waals surface area (Å²) in [6.45, 7) is 0.126. The van der Waals surface area contributed by atoms with Crippen LogP contribution in [0.1, 0.15) is 10.4 Å². The number of amides is 1. The zero-order valence-corrected chi connectivity index (χ0v) is 12.7. The summed E-state index contributed by atoms with van der Waals surface area (Å²) in [6.07, 6.45) is 1.71. The summed E-state index contributed by atoms with van der Waals surface area (Å²) < 4.78 is 10.6. The number of para-hydroxylation sites is 1. The van der Waals surface area contributed by atoms with Crippen LogP contribution in [0, 0.1) is 0 Å². The molecule has 3 aromatic rings. The van der Waals surface area contributed by atoms with Gasteiger partial charge in [-0.05, 0) is 24.3 Å². The first kappa shape index (κ1) is 13.7. The average Bonchev–Trinajstić information content (AvgIpc) is 3.24. The molecule has 114 valence electrons. The van der Waals surface area contributed by atoms with Crippen LogP contribution < -0.4 is 14.8 Å². The molecule has 4 rings (SSSR count). The highest BCUT2D eigenvalue weighted by Crippen LogP contribution is 2.35. The van der Waals surface area contributed by atoms with E-state index in [-0.39, 0.29) is 12.7 Å². The number of thiazole rings is 1. The number of benzene rings is 1. The molecule has 2 aromatic heterocycles. The second-order valence-corrected chi connectivity index (χ2v) is 5.60. The number of nitrogens with one attached hydrogen (secondary N) is 1. The van der Waals surface area contributed by atoms with Gasteiger partial charge in [0.15, 0.2) is 16.6 Å². The van der Waals surface area contributed by atoms with Gasteiger partial charge >= 0.3 is 0 Å². The highest BCUT2D eigenvalue weighted by Gasteiger charge is 2.22. The molecule has 0 radical (unpaired) electrons. The monoisotopic (exact) mass is 325 g/mol. The van der Waals surface area contributed by atoms with Gasteiger partial charge in [0.05, 0.1) is 11.3 Å². The van der Waals surface area contributed by atoms with E-state index in [9.17, 15) is 4.79 Å². The summed E-state index contributed by atoms with van der Waals surface area (Å²) in [5.41, 5.74) is 1.92. The Morgan fingerprint density at radius 3 is 2.96 bits per heavy atom. The lowest BCUT2D eigenvalue weighted by molar-refractivity contribution is 0.102. The van der Waals surface area contributed by atoms with E-state index in [2.05, 4.69) is 15.3 Å². The van der Waals surface area contributed by atoms with Crippen LogP contribution in [0.4, 0.5) is 5.13 Å². The highest BCUT2D eigenvalue weighted by molar-refractivity contribution is 7.14. The van der Waals surface area contributed by atoms with Gasteiger partial charge in [-0.1, -0.05) is 12.1 Å². The van der Waals surface area contributed by atoms with Gasteiger partial charge in [-0.3, -0.25) is 15.1 Å². The molecule has 0 bridgehead atoms. The van der Waals surface area contributed by atoms with Crippen LogP contribution in [0.5, 0.6) is 11.5 Å². The minimum atomic E-state index is -0.283. The van der Waals surface area contributed by atoms with Crippen molar-refractivity contribution in [3.8, 4) is 22.9 Å². The number of ether oxygens (including phenoxy) is 2. The lowest BCUT2D eigenvalue weighted by Gasteiger charge is -2.05. The number of anilines is 1. The molecule has 1 aliphatic heterocycles. The molecule has 0 spiro atoms. The summed E-state index contributed by atoms with van der Waals surface area (Å²) in [6, 6.07) is 10.8. The molecule has 1 aromatic carbocycles. The van der Waals surface area contributed by atoms with Gasteiger partial charge in [0.2, 0.25) is 6.79 Å². The Hall–Kier alpha value is -2.93. The first-order chi connectivity index (χ1) is 11.3. The van der Waals surface area contributed by atoms with Crippen LogP contribution in [0.2, 0.25) is 0 Å². The standard InChI is InChI=1S/C16H11N3O3S/c20-15(10-4-3-6-13-14(10)22-9-21-13)19-16-18-12(8-23-16)11-5-1-2-7-17-11/h1-8H,9H2,(H,18,19,20). The largest absolute Gasteiger partial charge is 0.454 e. The van der Waals surface area contributed by atoms with E-state index in [1.165, 1.54) is 11.3 Å². The third kappa shape index (κ3) is 2.62. The maximum atomic E-state index is 12.4. The molecule has 1 aliphatic rings. The van der Waals surface area contributed by atoms with E-state index in [1.807, 2.05) is 23.6 Å². The second kappa shape index (κ2) is 5.69. The van der Waals surface area contributed by atoms with E-state index < -0.39 is 0 Å². The molecule has 7 heteroatoms. The van der Waals surface area contributed by atoms with E-state index in [1.54, 1.807) is 24.4 Å². The van der Waals surface area contributed by atoms with Crippen molar-refractivity contribution in [1.29, 1.82) is 0 Å². The predicted octanol–water partition coefficient (Wildman–Crippen LogP) is 3.19. The SMILES string of the molecule is O=C(Nc1nc(-c2ccccn2)cs1)c1cccc2c1OCO2. The molecule has 0 atom stereocenters. The third-order valence-corrected chi connectivity index (χ3v) is 4.05. The normalized spacial score (nSPS) is 12.2. The van der Waals surface area contributed by atoms with Crippen molar-refractivity contribution in [2.45, 2.75) is 0 Å². The molecule has 0 saturated heterocycles. The molecule has 6 nitrogen and oxygen atoms in total. The van der Waals surface area contributed by atoms with Gasteiger partial charge in [-0.25, -0.2) is 4.98 Å². The van der Waals surface area contributed by atoms with Gasteiger partial charge in [-0.2, -0.15) is 0 Å². The van der Waals surface area contributed by atoms with Crippen LogP contribution in [0.15, 0.2) is 48.0 Å². The van der Waals surface area contributed by atoms with E-state index in [4.69, 9.17) is 9.47 Å². The fraction of sp³-hybridized carbons (Fsp3) is 0.0625. The summed E-state index contributed by atoms with van der Waals surface area (Å²) in [4.78, 5) is 21.1. The van der Waals surface area contributed by atoms with E-state index in [0.717, 1.165) is 11.4 Å². The number of hydrogen-bond donors (Lipinski definition) is 1. The average molecular weight is 325 g/mol. The van der Waals surface area contributed by atoms with Crippen molar-refractivity contribution in [2.75, 3.05) is 12.1 Å². The van der Waals surface area contributed by atoms with Crippen molar-refractivity contribution in [1.82, 2.24) is 9.97 Å². The lowest BCUT2D eigenvalue weighted by atomic mass is 10.2. The number of pyridine rings is 1. The summed E-state index contributed by atoms with van der Waals surface area (Å²) >= 11 is 1.35. The van der Waals surface area contributed by atoms with Gasteiger partial charge in [0.25, 0.3) is 5.91 Å². The molecule has 1 N–H and O–H groups in total. The Bertz CT molecular complexity index is 864. The first-order valence-electron chi connectivity index (χ1n) is 6.88. The topological polar surface area (TPSA) is 73.3 Å². The Labute approximate surface area is 135 Å². The maximum absolute atomic E-state index is 12.4. The highest BCUT2D eigenvalue weighted by atomic mass is 32.1. The van der Waals surface area contributed by atoms with Crippen molar-refractivity contribution < 1.29 is 14.3 Å². The number of carbonyl (C=O) groups excluding carboxylic acids is 1. The van der Waals surface area contributed by atoms with E-state index >= 15 is 0 Å². The fourth-order valence-corrected chi connectivity index (χ4v) is 2.94. The zero-order chi connectivity index (χ0) is 15.6. The number of nitrogens with zero attached hydrogens (tertiary/aromatic N) is 2. The van der Waals surface area contributed by atoms with Gasteiger partial charge < -0.3 is 9.47 Å². The zero-order valence-electron chi connectivity index (χ0n) is 11.9. The number of carbonyl (C=O) groups is 1. The second-order valence-electron chi connectivity index (χ2n) is 4.75. The molecular formula is C16H11N3O3S. The van der Waals surface area contributed by atoms with Crippen molar-refractivity contribution in [3.63, 3.8) is 0 Å². The van der Waals surface area contributed by atoms with E-state index in [0.29, 0.717) is 22.2 Å². The smallest absolute Gasteiger partial charge is 0.261 e. The molecule has 0 saturated carbocycles. The van der Waals surface area contributed by atoms with Crippen LogP contribution in [-0.2, 0) is 0 Å². The van der Waals surface area contributed by atoms with Gasteiger partial charge in [0, 0.05) is 11.6 Å². The molecule has 0 unspecified atom stereocenters. The fourth-order valence-electron chi connectivity index (χ4n) is 2.24. The minimum absolute atomic E-state index is 0.126. The van der Waals surface area contributed by atoms with Crippen LogP contribution in [0.25, 0.3) is 11.4 Å². The number of fused-ring (bicyclic) bond motifs is 1. The molecule has 1 amide bonds. The number of hydrogen-bond acceptors (Lipinski definition) is 6. The minimum Gasteiger partial charge on any atom is -0.454 e. The Morgan fingerprint density at radius 2 is 2.09 bits per heavy atom. The van der Waals surface area contributed by atoms with Crippen molar-refractivity contribution in [3.05, 3.63) is 53.5 Å².